The number of hydrogen-bond acceptors (Lipinski definition) is 2. The number of hydrogen-bond donors (Lipinski definition) is 0. The highest BCUT2D eigenvalue weighted by Crippen LogP contribution is 2.12. The molecule has 1 aliphatic rings. The maximum Gasteiger partial charge on any atom is 0.0702 e. The summed E-state index contributed by atoms with van der Waals surface area (Å²) in [6, 6.07) is 0.674. The summed E-state index contributed by atoms with van der Waals surface area (Å²) in [4.78, 5) is 2.50. The Morgan fingerprint density at radius 3 is 2.83 bits per heavy atom. The lowest BCUT2D eigenvalue weighted by atomic mass is 10.1. The molecule has 0 aromatic heterocycles. The highest BCUT2D eigenvalue weighted by molar-refractivity contribution is 4.73. The van der Waals surface area contributed by atoms with Crippen molar-refractivity contribution in [1.82, 2.24) is 4.90 Å². The van der Waals surface area contributed by atoms with Crippen LogP contribution < -0.4 is 0 Å². The molecule has 0 amide bonds. The summed E-state index contributed by atoms with van der Waals surface area (Å²) in [5.41, 5.74) is 0. The van der Waals surface area contributed by atoms with E-state index in [-0.39, 0.29) is 0 Å². The molecular weight excluding hydrogens is 150 g/mol. The molecule has 1 aliphatic heterocycles. The van der Waals surface area contributed by atoms with Crippen LogP contribution in [0.3, 0.4) is 0 Å². The maximum atomic E-state index is 5.66. The first-order valence-corrected chi connectivity index (χ1v) is 5.09. The molecule has 0 aliphatic carbocycles. The minimum atomic E-state index is 0.492. The van der Waals surface area contributed by atoms with Gasteiger partial charge in [-0.1, -0.05) is 13.3 Å². The van der Waals surface area contributed by atoms with Crippen molar-refractivity contribution in [2.24, 2.45) is 0 Å². The molecule has 1 atom stereocenters. The van der Waals surface area contributed by atoms with Crippen molar-refractivity contribution in [3.05, 3.63) is 0 Å². The summed E-state index contributed by atoms with van der Waals surface area (Å²) in [6.07, 6.45) is 2.94. The van der Waals surface area contributed by atoms with Gasteiger partial charge in [0.25, 0.3) is 0 Å². The van der Waals surface area contributed by atoms with Crippen LogP contribution in [0.5, 0.6) is 0 Å². The lowest BCUT2D eigenvalue weighted by Crippen LogP contribution is -2.45. The van der Waals surface area contributed by atoms with Crippen molar-refractivity contribution in [1.29, 1.82) is 0 Å². The van der Waals surface area contributed by atoms with E-state index in [1.54, 1.807) is 0 Å². The van der Waals surface area contributed by atoms with Crippen molar-refractivity contribution in [3.63, 3.8) is 0 Å². The van der Waals surface area contributed by atoms with Gasteiger partial charge in [-0.15, -0.1) is 0 Å². The van der Waals surface area contributed by atoms with Gasteiger partial charge in [-0.2, -0.15) is 0 Å². The topological polar surface area (TPSA) is 12.5 Å². The molecule has 0 bridgehead atoms. The van der Waals surface area contributed by atoms with Gasteiger partial charge in [0.05, 0.1) is 12.7 Å². The van der Waals surface area contributed by atoms with E-state index in [4.69, 9.17) is 4.74 Å². The second-order valence-electron chi connectivity index (χ2n) is 3.87. The Morgan fingerprint density at radius 1 is 1.50 bits per heavy atom. The summed E-state index contributed by atoms with van der Waals surface area (Å²) in [5, 5.41) is 0. The van der Waals surface area contributed by atoms with Crippen molar-refractivity contribution in [3.8, 4) is 0 Å². The molecule has 1 fully saturated rings. The fourth-order valence-corrected chi connectivity index (χ4v) is 1.71. The Balaban J connectivity index is 2.30. The average molecular weight is 171 g/mol. The molecule has 0 saturated carbocycles. The van der Waals surface area contributed by atoms with Crippen LogP contribution in [-0.2, 0) is 4.74 Å². The molecule has 1 rings (SSSR count). The third-order valence-corrected chi connectivity index (χ3v) is 2.51. The van der Waals surface area contributed by atoms with Gasteiger partial charge in [-0.25, -0.2) is 0 Å². The van der Waals surface area contributed by atoms with Gasteiger partial charge in [0, 0.05) is 19.1 Å². The smallest absolute Gasteiger partial charge is 0.0702 e. The van der Waals surface area contributed by atoms with E-state index in [0.717, 1.165) is 19.7 Å². The van der Waals surface area contributed by atoms with Gasteiger partial charge < -0.3 is 4.74 Å². The summed E-state index contributed by atoms with van der Waals surface area (Å²) in [6.45, 7) is 9.90. The van der Waals surface area contributed by atoms with E-state index in [1.165, 1.54) is 12.8 Å². The largest absolute Gasteiger partial charge is 0.376 e. The summed E-state index contributed by atoms with van der Waals surface area (Å²) < 4.78 is 5.66. The Kier molecular flexibility index (Phi) is 4.02. The molecule has 2 heteroatoms. The lowest BCUT2D eigenvalue weighted by molar-refractivity contribution is -0.0420. The molecule has 1 unspecified atom stereocenters. The Morgan fingerprint density at radius 2 is 2.25 bits per heavy atom. The van der Waals surface area contributed by atoms with Gasteiger partial charge in [-0.3, -0.25) is 4.90 Å². The Bertz CT molecular complexity index is 123. The summed E-state index contributed by atoms with van der Waals surface area (Å²) in [7, 11) is 0. The van der Waals surface area contributed by atoms with Crippen LogP contribution in [0.15, 0.2) is 0 Å². The van der Waals surface area contributed by atoms with Crippen molar-refractivity contribution in [2.45, 2.75) is 45.8 Å². The van der Waals surface area contributed by atoms with Crippen molar-refractivity contribution >= 4 is 0 Å². The molecule has 72 valence electrons. The van der Waals surface area contributed by atoms with Crippen LogP contribution in [0.2, 0.25) is 0 Å². The fourth-order valence-electron chi connectivity index (χ4n) is 1.71. The first-order chi connectivity index (χ1) is 5.74. The van der Waals surface area contributed by atoms with Crippen LogP contribution in [-0.4, -0.2) is 36.7 Å². The van der Waals surface area contributed by atoms with Crippen LogP contribution in [0.4, 0.5) is 0 Å². The number of rotatable bonds is 3. The van der Waals surface area contributed by atoms with E-state index in [1.807, 2.05) is 0 Å². The van der Waals surface area contributed by atoms with Gasteiger partial charge in [-0.05, 0) is 20.3 Å². The highest BCUT2D eigenvalue weighted by atomic mass is 16.5. The molecular formula is C10H21NO. The minimum Gasteiger partial charge on any atom is -0.376 e. The monoisotopic (exact) mass is 171 g/mol. The molecule has 2 nitrogen and oxygen atoms in total. The van der Waals surface area contributed by atoms with E-state index < -0.39 is 0 Å². The molecule has 1 heterocycles. The van der Waals surface area contributed by atoms with Crippen molar-refractivity contribution in [2.75, 3.05) is 19.7 Å². The van der Waals surface area contributed by atoms with E-state index in [9.17, 15) is 0 Å². The standard InChI is InChI=1S/C10H21NO/c1-4-5-10-8-11(9(2)3)6-7-12-10/h9-10H,4-8H2,1-3H3. The zero-order valence-electron chi connectivity index (χ0n) is 8.55. The Labute approximate surface area is 75.9 Å². The predicted molar refractivity (Wildman–Crippen MR) is 51.4 cm³/mol. The van der Waals surface area contributed by atoms with Crippen LogP contribution in [0.1, 0.15) is 33.6 Å². The predicted octanol–water partition coefficient (Wildman–Crippen LogP) is 1.90. The Hall–Kier alpha value is -0.0800. The minimum absolute atomic E-state index is 0.492. The number of nitrogens with zero attached hydrogens (tertiary/aromatic N) is 1. The third-order valence-electron chi connectivity index (χ3n) is 2.51. The highest BCUT2D eigenvalue weighted by Gasteiger charge is 2.20. The second-order valence-corrected chi connectivity index (χ2v) is 3.87. The quantitative estimate of drug-likeness (QED) is 0.643. The zero-order chi connectivity index (χ0) is 8.97. The zero-order valence-corrected chi connectivity index (χ0v) is 8.55. The number of ether oxygens (including phenoxy) is 1. The van der Waals surface area contributed by atoms with E-state index in [0.29, 0.717) is 12.1 Å². The van der Waals surface area contributed by atoms with Crippen LogP contribution in [0, 0.1) is 0 Å². The average Bonchev–Trinajstić information content (AvgIpc) is 2.05. The lowest BCUT2D eigenvalue weighted by Gasteiger charge is -2.35. The van der Waals surface area contributed by atoms with Crippen LogP contribution in [0.25, 0.3) is 0 Å². The van der Waals surface area contributed by atoms with Crippen LogP contribution >= 0.6 is 0 Å². The molecule has 1 saturated heterocycles. The molecule has 0 aromatic rings. The van der Waals surface area contributed by atoms with Gasteiger partial charge in [0.1, 0.15) is 0 Å². The number of morpholine rings is 1. The molecule has 0 spiro atoms. The van der Waals surface area contributed by atoms with Gasteiger partial charge >= 0.3 is 0 Å². The normalized spacial score (nSPS) is 26.5. The second kappa shape index (κ2) is 4.83. The molecule has 12 heavy (non-hydrogen) atoms. The van der Waals surface area contributed by atoms with E-state index in [2.05, 4.69) is 25.7 Å². The van der Waals surface area contributed by atoms with E-state index >= 15 is 0 Å². The van der Waals surface area contributed by atoms with Crippen molar-refractivity contribution < 1.29 is 4.74 Å². The first kappa shape index (κ1) is 10.0. The molecule has 0 aromatic carbocycles. The van der Waals surface area contributed by atoms with Gasteiger partial charge in [0.2, 0.25) is 0 Å². The molecule has 0 radical (unpaired) electrons. The SMILES string of the molecule is CCCC1CN(C(C)C)CCO1. The maximum absolute atomic E-state index is 5.66. The first-order valence-electron chi connectivity index (χ1n) is 5.09. The third kappa shape index (κ3) is 2.76. The summed E-state index contributed by atoms with van der Waals surface area (Å²) in [5.74, 6) is 0. The molecule has 0 N–H and O–H groups in total. The van der Waals surface area contributed by atoms with Gasteiger partial charge in [0.15, 0.2) is 0 Å². The fraction of sp³-hybridized carbons (Fsp3) is 1.00. The summed E-state index contributed by atoms with van der Waals surface area (Å²) >= 11 is 0.